The van der Waals surface area contributed by atoms with Gasteiger partial charge in [-0.1, -0.05) is 12.1 Å². The third-order valence-electron chi connectivity index (χ3n) is 3.84. The van der Waals surface area contributed by atoms with Crippen molar-refractivity contribution in [1.82, 2.24) is 10.2 Å². The van der Waals surface area contributed by atoms with Gasteiger partial charge in [0.2, 0.25) is 0 Å². The molecule has 4 N–H and O–H groups in total. The summed E-state index contributed by atoms with van der Waals surface area (Å²) in [6.45, 7) is 4.13. The molecule has 0 spiro atoms. The van der Waals surface area contributed by atoms with E-state index in [4.69, 9.17) is 10.8 Å². The molecule has 104 valence electrons. The smallest absolute Gasteiger partial charge is 0.407 e. The molecule has 1 aromatic rings. The molecule has 1 aliphatic rings. The Morgan fingerprint density at radius 2 is 1.95 bits per heavy atom. The van der Waals surface area contributed by atoms with E-state index in [1.54, 1.807) is 0 Å². The van der Waals surface area contributed by atoms with E-state index in [1.807, 2.05) is 24.3 Å². The molecule has 0 atom stereocenters. The zero-order chi connectivity index (χ0) is 13.9. The molecule has 1 aliphatic heterocycles. The number of rotatable bonds is 3. The Kier molecular flexibility index (Phi) is 3.95. The Bertz CT molecular complexity index is 437. The van der Waals surface area contributed by atoms with Gasteiger partial charge in [0.1, 0.15) is 0 Å². The molecule has 1 fully saturated rings. The molecule has 0 bridgehead atoms. The molecular weight excluding hydrogens is 242 g/mol. The fraction of sp³-hybridized carbons (Fsp3) is 0.500. The number of hydrogen-bond donors (Lipinski definition) is 3. The summed E-state index contributed by atoms with van der Waals surface area (Å²) >= 11 is 0. The van der Waals surface area contributed by atoms with Gasteiger partial charge in [-0.2, -0.15) is 0 Å². The van der Waals surface area contributed by atoms with Gasteiger partial charge in [0.25, 0.3) is 0 Å². The van der Waals surface area contributed by atoms with Crippen molar-refractivity contribution in [3.63, 3.8) is 0 Å². The molecule has 1 saturated heterocycles. The first kappa shape index (κ1) is 13.7. The van der Waals surface area contributed by atoms with Crippen LogP contribution in [0.4, 0.5) is 10.5 Å². The lowest BCUT2D eigenvalue weighted by molar-refractivity contribution is 0.111. The van der Waals surface area contributed by atoms with Crippen LogP contribution in [0, 0.1) is 0 Å². The molecule has 5 heteroatoms. The van der Waals surface area contributed by atoms with Gasteiger partial charge in [0.15, 0.2) is 0 Å². The highest BCUT2D eigenvalue weighted by Gasteiger charge is 2.31. The monoisotopic (exact) mass is 263 g/mol. The highest BCUT2D eigenvalue weighted by Crippen LogP contribution is 2.22. The highest BCUT2D eigenvalue weighted by atomic mass is 16.4. The summed E-state index contributed by atoms with van der Waals surface area (Å²) in [7, 11) is 0. The summed E-state index contributed by atoms with van der Waals surface area (Å²) in [5.41, 5.74) is 7.62. The van der Waals surface area contributed by atoms with Gasteiger partial charge in [-0.05, 0) is 37.5 Å². The second kappa shape index (κ2) is 5.48. The predicted octanol–water partition coefficient (Wildman–Crippen LogP) is 1.89. The summed E-state index contributed by atoms with van der Waals surface area (Å²) < 4.78 is 0. The topological polar surface area (TPSA) is 78.6 Å². The van der Waals surface area contributed by atoms with Gasteiger partial charge in [0, 0.05) is 30.9 Å². The maximum atomic E-state index is 10.9. The van der Waals surface area contributed by atoms with Crippen LogP contribution in [-0.2, 0) is 6.54 Å². The number of benzene rings is 1. The van der Waals surface area contributed by atoms with E-state index < -0.39 is 6.09 Å². The number of hydrogen-bond acceptors (Lipinski definition) is 3. The highest BCUT2D eigenvalue weighted by molar-refractivity contribution is 5.65. The number of likely N-dealkylation sites (tertiary alicyclic amines) is 1. The molecule has 5 nitrogen and oxygen atoms in total. The summed E-state index contributed by atoms with van der Waals surface area (Å²) in [4.78, 5) is 12.3. The van der Waals surface area contributed by atoms with Gasteiger partial charge >= 0.3 is 6.09 Å². The van der Waals surface area contributed by atoms with Crippen molar-refractivity contribution in [3.05, 3.63) is 29.8 Å². The van der Waals surface area contributed by atoms with Crippen molar-refractivity contribution in [1.29, 1.82) is 0 Å². The number of carboxylic acid groups (broad SMARTS) is 1. The van der Waals surface area contributed by atoms with Crippen molar-refractivity contribution in [3.8, 4) is 0 Å². The SMILES string of the molecule is CC1(NCc2ccc(N)cc2)CCN(C(=O)O)CC1. The van der Waals surface area contributed by atoms with Crippen LogP contribution in [0.3, 0.4) is 0 Å². The van der Waals surface area contributed by atoms with Gasteiger partial charge in [-0.25, -0.2) is 4.79 Å². The summed E-state index contributed by atoms with van der Waals surface area (Å²) in [5, 5.41) is 12.5. The van der Waals surface area contributed by atoms with Crippen LogP contribution in [0.15, 0.2) is 24.3 Å². The zero-order valence-corrected chi connectivity index (χ0v) is 11.2. The van der Waals surface area contributed by atoms with E-state index >= 15 is 0 Å². The predicted molar refractivity (Wildman–Crippen MR) is 74.9 cm³/mol. The first-order chi connectivity index (χ1) is 8.98. The number of carbonyl (C=O) groups is 1. The summed E-state index contributed by atoms with van der Waals surface area (Å²) in [6.07, 6.45) is 0.864. The fourth-order valence-corrected chi connectivity index (χ4v) is 2.32. The molecule has 19 heavy (non-hydrogen) atoms. The van der Waals surface area contributed by atoms with Crippen LogP contribution in [0.25, 0.3) is 0 Å². The minimum atomic E-state index is -0.819. The average Bonchev–Trinajstić information content (AvgIpc) is 2.39. The van der Waals surface area contributed by atoms with Crippen molar-refractivity contribution in [2.45, 2.75) is 31.8 Å². The Morgan fingerprint density at radius 1 is 1.37 bits per heavy atom. The third-order valence-corrected chi connectivity index (χ3v) is 3.84. The largest absolute Gasteiger partial charge is 0.465 e. The average molecular weight is 263 g/mol. The lowest BCUT2D eigenvalue weighted by atomic mass is 9.89. The normalized spacial score (nSPS) is 18.3. The molecule has 1 amide bonds. The van der Waals surface area contributed by atoms with Crippen LogP contribution in [0.2, 0.25) is 0 Å². The second-order valence-corrected chi connectivity index (χ2v) is 5.43. The van der Waals surface area contributed by atoms with Gasteiger partial charge in [-0.15, -0.1) is 0 Å². The maximum absolute atomic E-state index is 10.9. The molecule has 0 saturated carbocycles. The number of nitrogens with zero attached hydrogens (tertiary/aromatic N) is 1. The van der Waals surface area contributed by atoms with Crippen LogP contribution < -0.4 is 11.1 Å². The number of amides is 1. The van der Waals surface area contributed by atoms with E-state index in [9.17, 15) is 4.79 Å². The number of nitrogen functional groups attached to an aromatic ring is 1. The lowest BCUT2D eigenvalue weighted by Gasteiger charge is -2.39. The van der Waals surface area contributed by atoms with Crippen molar-refractivity contribution < 1.29 is 9.90 Å². The fourth-order valence-electron chi connectivity index (χ4n) is 2.32. The van der Waals surface area contributed by atoms with Gasteiger partial charge in [0.05, 0.1) is 0 Å². The van der Waals surface area contributed by atoms with Crippen LogP contribution in [0.1, 0.15) is 25.3 Å². The molecule has 1 heterocycles. The minimum Gasteiger partial charge on any atom is -0.465 e. The molecule has 0 radical (unpaired) electrons. The van der Waals surface area contributed by atoms with Crippen molar-refractivity contribution in [2.75, 3.05) is 18.8 Å². The van der Waals surface area contributed by atoms with Crippen LogP contribution in [-0.4, -0.2) is 34.7 Å². The molecule has 0 aromatic heterocycles. The quantitative estimate of drug-likeness (QED) is 0.728. The van der Waals surface area contributed by atoms with Gasteiger partial charge in [-0.3, -0.25) is 0 Å². The van der Waals surface area contributed by atoms with Gasteiger partial charge < -0.3 is 21.1 Å². The number of nitrogens with one attached hydrogen (secondary N) is 1. The molecule has 0 unspecified atom stereocenters. The molecule has 2 rings (SSSR count). The van der Waals surface area contributed by atoms with E-state index in [0.717, 1.165) is 25.1 Å². The number of anilines is 1. The maximum Gasteiger partial charge on any atom is 0.407 e. The first-order valence-corrected chi connectivity index (χ1v) is 6.56. The van der Waals surface area contributed by atoms with Crippen LogP contribution in [0.5, 0.6) is 0 Å². The van der Waals surface area contributed by atoms with Crippen molar-refractivity contribution in [2.24, 2.45) is 0 Å². The van der Waals surface area contributed by atoms with E-state index in [-0.39, 0.29) is 5.54 Å². The Morgan fingerprint density at radius 3 is 2.47 bits per heavy atom. The second-order valence-electron chi connectivity index (χ2n) is 5.43. The van der Waals surface area contributed by atoms with E-state index in [2.05, 4.69) is 12.2 Å². The zero-order valence-electron chi connectivity index (χ0n) is 11.2. The Hall–Kier alpha value is -1.75. The Balaban J connectivity index is 1.86. The summed E-state index contributed by atoms with van der Waals surface area (Å²) in [6, 6.07) is 7.81. The molecule has 1 aromatic carbocycles. The standard InChI is InChI=1S/C14H21N3O2/c1-14(6-8-17(9-7-14)13(18)19)16-10-11-2-4-12(15)5-3-11/h2-5,16H,6-10,15H2,1H3,(H,18,19). The van der Waals surface area contributed by atoms with Crippen molar-refractivity contribution >= 4 is 11.8 Å². The third kappa shape index (κ3) is 3.61. The lowest BCUT2D eigenvalue weighted by Crippen LogP contribution is -2.52. The Labute approximate surface area is 113 Å². The number of nitrogens with two attached hydrogens (primary N) is 1. The minimum absolute atomic E-state index is 0.00728. The molecular formula is C14H21N3O2. The van der Waals surface area contributed by atoms with Crippen LogP contribution >= 0.6 is 0 Å². The molecule has 0 aliphatic carbocycles. The summed E-state index contributed by atoms with van der Waals surface area (Å²) in [5.74, 6) is 0. The number of piperidine rings is 1. The van der Waals surface area contributed by atoms with E-state index in [0.29, 0.717) is 13.1 Å². The first-order valence-electron chi connectivity index (χ1n) is 6.56. The van der Waals surface area contributed by atoms with E-state index in [1.165, 1.54) is 10.5 Å².